The first-order valence-electron chi connectivity index (χ1n) is 20.5. The molecule has 11 nitrogen and oxygen atoms in total. The van der Waals surface area contributed by atoms with Crippen LogP contribution in [0.1, 0.15) is 142 Å². The minimum atomic E-state index is -1.67. The second-order valence-corrected chi connectivity index (χ2v) is 14.3. The molecule has 0 saturated carbocycles. The Hall–Kier alpha value is -1.93. The number of carbonyl (C=O) groups excluding carboxylic acids is 1. The Kier molecular flexibility index (Phi) is 29.9. The van der Waals surface area contributed by atoms with Crippen molar-refractivity contribution in [1.29, 1.82) is 0 Å². The van der Waals surface area contributed by atoms with Gasteiger partial charge >= 0.3 is 0 Å². The van der Waals surface area contributed by atoms with Gasteiger partial charge in [-0.3, -0.25) is 4.79 Å². The number of ether oxygens (including phenoxy) is 2. The number of nitrogens with one attached hydrogen (secondary N) is 1. The predicted molar refractivity (Wildman–Crippen MR) is 210 cm³/mol. The van der Waals surface area contributed by atoms with Crippen molar-refractivity contribution in [1.82, 2.24) is 5.32 Å². The highest BCUT2D eigenvalue weighted by molar-refractivity contribution is 5.80. The van der Waals surface area contributed by atoms with Crippen molar-refractivity contribution in [3.8, 4) is 0 Å². The van der Waals surface area contributed by atoms with Gasteiger partial charge in [0.1, 0.15) is 36.6 Å². The molecule has 1 rings (SSSR count). The van der Waals surface area contributed by atoms with Gasteiger partial charge in [0.15, 0.2) is 6.29 Å². The van der Waals surface area contributed by atoms with Gasteiger partial charge in [0.05, 0.1) is 25.4 Å². The fourth-order valence-corrected chi connectivity index (χ4v) is 6.04. The minimum absolute atomic E-state index is 0.232. The average Bonchev–Trinajstić information content (AvgIpc) is 3.16. The summed E-state index contributed by atoms with van der Waals surface area (Å²) in [4.78, 5) is 13.0. The molecule has 9 atom stereocenters. The first-order chi connectivity index (χ1) is 25.7. The van der Waals surface area contributed by atoms with Crippen LogP contribution in [0.2, 0.25) is 0 Å². The number of carbonyl (C=O) groups is 1. The Bertz CT molecular complexity index is 1000. The quantitative estimate of drug-likeness (QED) is 0.0325. The van der Waals surface area contributed by atoms with E-state index in [1.807, 2.05) is 6.08 Å². The molecule has 1 fully saturated rings. The van der Waals surface area contributed by atoms with Crippen LogP contribution in [0, 0.1) is 0 Å². The Balaban J connectivity index is 2.59. The zero-order valence-corrected chi connectivity index (χ0v) is 32.7. The molecule has 308 valence electrons. The van der Waals surface area contributed by atoms with Gasteiger partial charge in [-0.05, 0) is 83.5 Å². The molecule has 0 bridgehead atoms. The number of rotatable bonds is 32. The summed E-state index contributed by atoms with van der Waals surface area (Å²) in [7, 11) is 0. The monoisotopic (exact) mass is 754 g/mol. The summed E-state index contributed by atoms with van der Waals surface area (Å²) < 4.78 is 11.0. The van der Waals surface area contributed by atoms with Crippen LogP contribution in [-0.4, -0.2) is 110 Å². The van der Waals surface area contributed by atoms with Gasteiger partial charge < -0.3 is 50.5 Å². The van der Waals surface area contributed by atoms with Gasteiger partial charge in [-0.15, -0.1) is 0 Å². The molecule has 53 heavy (non-hydrogen) atoms. The van der Waals surface area contributed by atoms with E-state index >= 15 is 0 Å². The summed E-state index contributed by atoms with van der Waals surface area (Å²) in [6.07, 6.45) is 24.5. The Morgan fingerprint density at radius 2 is 1.15 bits per heavy atom. The smallest absolute Gasteiger partial charge is 0.249 e. The van der Waals surface area contributed by atoms with Crippen LogP contribution < -0.4 is 5.32 Å². The standard InChI is InChI=1S/C42H75NO10/c1-3-5-7-9-11-13-15-16-17-18-20-21-23-25-27-29-34(45)37(47)33(32-52-42-40(50)39(49)38(48)36(31-44)53-42)43-41(51)35(46)30-28-26-24-22-19-14-12-10-8-6-4-2/h9,11-12,14,16-17,21,23,33-40,42,44-50H,3-8,10,13,15,18-20,22,24-32H2,1-2H3,(H,43,51)/b11-9+,14-12-,17-16+,23-21+. The normalized spacial score (nSPS) is 23.4. The maximum atomic E-state index is 13.0. The van der Waals surface area contributed by atoms with E-state index in [1.165, 1.54) is 32.1 Å². The first kappa shape index (κ1) is 49.1. The van der Waals surface area contributed by atoms with E-state index in [9.17, 15) is 40.5 Å². The lowest BCUT2D eigenvalue weighted by atomic mass is 9.98. The molecule has 11 heteroatoms. The van der Waals surface area contributed by atoms with Gasteiger partial charge in [-0.25, -0.2) is 0 Å². The third kappa shape index (κ3) is 22.9. The second kappa shape index (κ2) is 32.3. The number of aliphatic hydroxyl groups excluding tert-OH is 7. The number of amides is 1. The van der Waals surface area contributed by atoms with E-state index in [-0.39, 0.29) is 12.8 Å². The SMILES string of the molecule is CCCC/C=C/CC/C=C/CC/C=C/CCCC(O)C(O)C(COC1OC(CO)C(O)C(O)C1O)NC(=O)C(O)CCCCCC/C=C\CCCCC. The Morgan fingerprint density at radius 3 is 1.72 bits per heavy atom. The van der Waals surface area contributed by atoms with Crippen LogP contribution in [-0.2, 0) is 14.3 Å². The maximum Gasteiger partial charge on any atom is 0.249 e. The molecule has 8 N–H and O–H groups in total. The summed E-state index contributed by atoms with van der Waals surface area (Å²) in [5.41, 5.74) is 0. The Labute approximate surface area is 319 Å². The van der Waals surface area contributed by atoms with Gasteiger partial charge in [0.25, 0.3) is 0 Å². The molecule has 1 aliphatic rings. The Morgan fingerprint density at radius 1 is 0.642 bits per heavy atom. The van der Waals surface area contributed by atoms with Crippen molar-refractivity contribution in [3.63, 3.8) is 0 Å². The van der Waals surface area contributed by atoms with Crippen molar-refractivity contribution >= 4 is 5.91 Å². The summed E-state index contributed by atoms with van der Waals surface area (Å²) in [6.45, 7) is 3.30. The molecular weight excluding hydrogens is 678 g/mol. The number of hydrogen-bond acceptors (Lipinski definition) is 10. The molecule has 0 aromatic heterocycles. The summed E-state index contributed by atoms with van der Waals surface area (Å²) in [5, 5.41) is 75.2. The van der Waals surface area contributed by atoms with Crippen molar-refractivity contribution in [2.24, 2.45) is 0 Å². The highest BCUT2D eigenvalue weighted by atomic mass is 16.7. The highest BCUT2D eigenvalue weighted by Gasteiger charge is 2.44. The van der Waals surface area contributed by atoms with E-state index < -0.39 is 74.2 Å². The molecule has 0 aromatic rings. The third-order valence-corrected chi connectivity index (χ3v) is 9.56. The topological polar surface area (TPSA) is 189 Å². The molecule has 0 aromatic carbocycles. The molecular formula is C42H75NO10. The van der Waals surface area contributed by atoms with Crippen LogP contribution >= 0.6 is 0 Å². The third-order valence-electron chi connectivity index (χ3n) is 9.56. The molecule has 0 aliphatic carbocycles. The largest absolute Gasteiger partial charge is 0.394 e. The number of aliphatic hydroxyl groups is 7. The molecule has 9 unspecified atom stereocenters. The lowest BCUT2D eigenvalue weighted by Gasteiger charge is -2.40. The molecule has 1 aliphatic heterocycles. The van der Waals surface area contributed by atoms with E-state index in [1.54, 1.807) is 0 Å². The highest BCUT2D eigenvalue weighted by Crippen LogP contribution is 2.23. The molecule has 1 heterocycles. The van der Waals surface area contributed by atoms with Crippen LogP contribution in [0.15, 0.2) is 48.6 Å². The van der Waals surface area contributed by atoms with E-state index in [4.69, 9.17) is 9.47 Å². The zero-order chi connectivity index (χ0) is 39.1. The van der Waals surface area contributed by atoms with Gasteiger partial charge in [0, 0.05) is 0 Å². The van der Waals surface area contributed by atoms with Crippen LogP contribution in [0.25, 0.3) is 0 Å². The van der Waals surface area contributed by atoms with Gasteiger partial charge in [-0.1, -0.05) is 107 Å². The second-order valence-electron chi connectivity index (χ2n) is 14.3. The summed E-state index contributed by atoms with van der Waals surface area (Å²) in [5.74, 6) is -0.728. The molecule has 0 radical (unpaired) electrons. The van der Waals surface area contributed by atoms with E-state index in [2.05, 4.69) is 61.7 Å². The predicted octanol–water partition coefficient (Wildman–Crippen LogP) is 5.44. The van der Waals surface area contributed by atoms with Crippen molar-refractivity contribution in [2.45, 2.75) is 197 Å². The van der Waals surface area contributed by atoms with Crippen LogP contribution in [0.5, 0.6) is 0 Å². The number of allylic oxidation sites excluding steroid dienone is 8. The maximum absolute atomic E-state index is 13.0. The van der Waals surface area contributed by atoms with Gasteiger partial charge in [-0.2, -0.15) is 0 Å². The minimum Gasteiger partial charge on any atom is -0.394 e. The molecule has 0 spiro atoms. The van der Waals surface area contributed by atoms with E-state index in [0.29, 0.717) is 19.3 Å². The number of unbranched alkanes of at least 4 members (excludes halogenated alkanes) is 12. The summed E-state index contributed by atoms with van der Waals surface area (Å²) in [6, 6.07) is -1.20. The van der Waals surface area contributed by atoms with E-state index in [0.717, 1.165) is 64.2 Å². The zero-order valence-electron chi connectivity index (χ0n) is 32.7. The van der Waals surface area contributed by atoms with Crippen LogP contribution in [0.3, 0.4) is 0 Å². The molecule has 1 saturated heterocycles. The molecule has 1 amide bonds. The fraction of sp³-hybridized carbons (Fsp3) is 0.786. The van der Waals surface area contributed by atoms with Crippen molar-refractivity contribution in [2.75, 3.05) is 13.2 Å². The summed E-state index contributed by atoms with van der Waals surface area (Å²) >= 11 is 0. The average molecular weight is 754 g/mol. The van der Waals surface area contributed by atoms with Crippen LogP contribution in [0.4, 0.5) is 0 Å². The lowest BCUT2D eigenvalue weighted by Crippen LogP contribution is -2.60. The number of hydrogen-bond donors (Lipinski definition) is 8. The van der Waals surface area contributed by atoms with Crippen molar-refractivity contribution < 1.29 is 50.0 Å². The first-order valence-corrected chi connectivity index (χ1v) is 20.5. The fourth-order valence-electron chi connectivity index (χ4n) is 6.04. The van der Waals surface area contributed by atoms with Gasteiger partial charge in [0.2, 0.25) is 5.91 Å². The lowest BCUT2D eigenvalue weighted by molar-refractivity contribution is -0.303. The van der Waals surface area contributed by atoms with Crippen molar-refractivity contribution in [3.05, 3.63) is 48.6 Å².